The van der Waals surface area contributed by atoms with Crippen LogP contribution < -0.4 is 0 Å². The Morgan fingerprint density at radius 3 is 2.43 bits per heavy atom. The van der Waals surface area contributed by atoms with Gasteiger partial charge < -0.3 is 0 Å². The van der Waals surface area contributed by atoms with Gasteiger partial charge in [0.25, 0.3) is 0 Å². The maximum atomic E-state index is 2.43. The summed E-state index contributed by atoms with van der Waals surface area (Å²) in [4.78, 5) is 0. The SMILES string of the molecule is CC1=Cc2ccccc2C1[SiH](C)C.[Ti]. The molecule has 14 heavy (non-hydrogen) atoms. The number of fused-ring (bicyclic) bond motifs is 1. The van der Waals surface area contributed by atoms with E-state index in [1.165, 1.54) is 5.56 Å². The predicted molar refractivity (Wildman–Crippen MR) is 61.7 cm³/mol. The molecule has 72 valence electrons. The van der Waals surface area contributed by atoms with Crippen LogP contribution in [0.1, 0.15) is 23.6 Å². The standard InChI is InChI=1S/C12H16Si.Ti/c1-9-8-10-6-4-5-7-11(10)12(9)13(2)3;/h4-8,12-13H,1-3H3;. The Morgan fingerprint density at radius 1 is 1.14 bits per heavy atom. The van der Waals surface area contributed by atoms with Crippen molar-refractivity contribution in [3.8, 4) is 0 Å². The third-order valence-electron chi connectivity index (χ3n) is 2.87. The Labute approximate surface area is 103 Å². The zero-order valence-corrected chi connectivity index (χ0v) is 11.8. The molecule has 0 aromatic heterocycles. The van der Waals surface area contributed by atoms with Gasteiger partial charge in [-0.05, 0) is 23.6 Å². The summed E-state index contributed by atoms with van der Waals surface area (Å²) in [7, 11) is -0.586. The molecular formula is C12H16SiTi. The van der Waals surface area contributed by atoms with E-state index >= 15 is 0 Å². The fourth-order valence-electron chi connectivity index (χ4n) is 2.39. The number of rotatable bonds is 1. The van der Waals surface area contributed by atoms with E-state index in [1.807, 2.05) is 0 Å². The molecule has 1 unspecified atom stereocenters. The van der Waals surface area contributed by atoms with Crippen molar-refractivity contribution in [2.75, 3.05) is 0 Å². The Kier molecular flexibility index (Phi) is 3.94. The van der Waals surface area contributed by atoms with E-state index in [2.05, 4.69) is 50.4 Å². The molecule has 0 saturated heterocycles. The number of benzene rings is 1. The molecular weight excluding hydrogens is 220 g/mol. The molecule has 0 radical (unpaired) electrons. The van der Waals surface area contributed by atoms with Crippen LogP contribution in [0.15, 0.2) is 29.8 Å². The van der Waals surface area contributed by atoms with Gasteiger partial charge in [0.1, 0.15) is 0 Å². The molecule has 0 spiro atoms. The molecule has 0 bridgehead atoms. The average molecular weight is 236 g/mol. The maximum Gasteiger partial charge on any atom is 0.0439 e. The van der Waals surface area contributed by atoms with Crippen LogP contribution in [0.5, 0.6) is 0 Å². The second-order valence-electron chi connectivity index (χ2n) is 4.24. The van der Waals surface area contributed by atoms with E-state index in [-0.39, 0.29) is 21.7 Å². The minimum Gasteiger partial charge on any atom is -0.0714 e. The minimum absolute atomic E-state index is 0. The van der Waals surface area contributed by atoms with Gasteiger partial charge in [-0.15, -0.1) is 0 Å². The van der Waals surface area contributed by atoms with E-state index in [0.717, 1.165) is 5.54 Å². The third-order valence-corrected chi connectivity index (χ3v) is 5.09. The molecule has 2 heteroatoms. The average Bonchev–Trinajstić information content (AvgIpc) is 2.39. The molecule has 1 atom stereocenters. The first-order chi connectivity index (χ1) is 6.20. The molecule has 0 heterocycles. The van der Waals surface area contributed by atoms with E-state index in [4.69, 9.17) is 0 Å². The summed E-state index contributed by atoms with van der Waals surface area (Å²) in [5.74, 6) is 0. The Bertz CT molecular complexity index is 355. The van der Waals surface area contributed by atoms with Gasteiger partial charge in [-0.1, -0.05) is 49.0 Å². The van der Waals surface area contributed by atoms with Gasteiger partial charge in [0.2, 0.25) is 0 Å². The predicted octanol–water partition coefficient (Wildman–Crippen LogP) is 3.21. The smallest absolute Gasteiger partial charge is 0.0439 e. The first-order valence-electron chi connectivity index (χ1n) is 4.97. The molecule has 0 amide bonds. The second kappa shape index (κ2) is 4.61. The molecule has 1 aromatic carbocycles. The largest absolute Gasteiger partial charge is 0.0714 e. The second-order valence-corrected chi connectivity index (χ2v) is 7.39. The van der Waals surface area contributed by atoms with Crippen molar-refractivity contribution in [1.29, 1.82) is 0 Å². The topological polar surface area (TPSA) is 0 Å². The van der Waals surface area contributed by atoms with Crippen molar-refractivity contribution in [2.45, 2.75) is 25.6 Å². The van der Waals surface area contributed by atoms with Crippen molar-refractivity contribution < 1.29 is 21.7 Å². The van der Waals surface area contributed by atoms with Crippen molar-refractivity contribution in [3.05, 3.63) is 41.0 Å². The quantitative estimate of drug-likeness (QED) is 0.657. The van der Waals surface area contributed by atoms with Gasteiger partial charge in [0, 0.05) is 30.5 Å². The van der Waals surface area contributed by atoms with Gasteiger partial charge in [-0.2, -0.15) is 0 Å². The van der Waals surface area contributed by atoms with E-state index < -0.39 is 8.80 Å². The summed E-state index contributed by atoms with van der Waals surface area (Å²) in [6.07, 6.45) is 2.35. The monoisotopic (exact) mass is 236 g/mol. The Balaban J connectivity index is 0.000000980. The van der Waals surface area contributed by atoms with Crippen LogP contribution in [0.3, 0.4) is 0 Å². The van der Waals surface area contributed by atoms with Crippen molar-refractivity contribution in [3.63, 3.8) is 0 Å². The fraction of sp³-hybridized carbons (Fsp3) is 0.333. The molecule has 0 aliphatic heterocycles. The van der Waals surface area contributed by atoms with E-state index in [0.29, 0.717) is 0 Å². The zero-order chi connectivity index (χ0) is 9.42. The first kappa shape index (κ1) is 12.0. The number of hydrogen-bond acceptors (Lipinski definition) is 0. The summed E-state index contributed by atoms with van der Waals surface area (Å²) in [6, 6.07) is 8.82. The van der Waals surface area contributed by atoms with Gasteiger partial charge in [0.05, 0.1) is 0 Å². The summed E-state index contributed by atoms with van der Waals surface area (Å²) in [6.45, 7) is 7.14. The maximum absolute atomic E-state index is 2.43. The van der Waals surface area contributed by atoms with Gasteiger partial charge in [0.15, 0.2) is 0 Å². The molecule has 0 nitrogen and oxygen atoms in total. The summed E-state index contributed by atoms with van der Waals surface area (Å²) in [5.41, 5.74) is 5.38. The van der Waals surface area contributed by atoms with Crippen LogP contribution in [-0.2, 0) is 21.7 Å². The van der Waals surface area contributed by atoms with E-state index in [1.54, 1.807) is 11.1 Å². The number of allylic oxidation sites excluding steroid dienone is 1. The van der Waals surface area contributed by atoms with Gasteiger partial charge in [-0.25, -0.2) is 0 Å². The zero-order valence-electron chi connectivity index (χ0n) is 9.04. The molecule has 1 aliphatic rings. The Hall–Kier alpha value is -0.109. The van der Waals surface area contributed by atoms with Crippen molar-refractivity contribution in [2.24, 2.45) is 0 Å². The minimum atomic E-state index is -0.586. The normalized spacial score (nSPS) is 18.9. The van der Waals surface area contributed by atoms with Crippen molar-refractivity contribution >= 4 is 14.9 Å². The first-order valence-corrected chi connectivity index (χ1v) is 7.95. The molecule has 1 aliphatic carbocycles. The van der Waals surface area contributed by atoms with Crippen LogP contribution in [0.4, 0.5) is 0 Å². The van der Waals surface area contributed by atoms with Crippen LogP contribution >= 0.6 is 0 Å². The van der Waals surface area contributed by atoms with Crippen LogP contribution in [-0.4, -0.2) is 8.80 Å². The summed E-state index contributed by atoms with van der Waals surface area (Å²) in [5, 5.41) is 0. The van der Waals surface area contributed by atoms with Crippen LogP contribution in [0, 0.1) is 0 Å². The number of hydrogen-bond donors (Lipinski definition) is 0. The van der Waals surface area contributed by atoms with Crippen LogP contribution in [0.2, 0.25) is 13.1 Å². The molecule has 0 fully saturated rings. The van der Waals surface area contributed by atoms with E-state index in [9.17, 15) is 0 Å². The summed E-state index contributed by atoms with van der Waals surface area (Å²) >= 11 is 0. The fourth-order valence-corrected chi connectivity index (χ4v) is 4.56. The molecule has 0 N–H and O–H groups in total. The Morgan fingerprint density at radius 2 is 1.79 bits per heavy atom. The van der Waals surface area contributed by atoms with Crippen molar-refractivity contribution in [1.82, 2.24) is 0 Å². The summed E-state index contributed by atoms with van der Waals surface area (Å²) < 4.78 is 0. The molecule has 1 aromatic rings. The third kappa shape index (κ3) is 1.95. The van der Waals surface area contributed by atoms with Gasteiger partial charge in [-0.3, -0.25) is 0 Å². The molecule has 0 saturated carbocycles. The van der Waals surface area contributed by atoms with Crippen LogP contribution in [0.25, 0.3) is 6.08 Å². The molecule has 2 rings (SSSR count). The van der Waals surface area contributed by atoms with Gasteiger partial charge >= 0.3 is 0 Å².